The first kappa shape index (κ1) is 25.8. The summed E-state index contributed by atoms with van der Waals surface area (Å²) in [7, 11) is 0. The molecule has 0 aliphatic carbocycles. The number of pyridine rings is 2. The second-order valence-electron chi connectivity index (χ2n) is 8.84. The fourth-order valence-electron chi connectivity index (χ4n) is 4.23. The van der Waals surface area contributed by atoms with E-state index in [4.69, 9.17) is 4.52 Å². The summed E-state index contributed by atoms with van der Waals surface area (Å²) < 4.78 is 45.7. The molecular weight excluding hydrogens is 517 g/mol. The van der Waals surface area contributed by atoms with Gasteiger partial charge in [0.2, 0.25) is 17.6 Å². The fourth-order valence-corrected chi connectivity index (χ4v) is 4.23. The van der Waals surface area contributed by atoms with Gasteiger partial charge in [-0.3, -0.25) is 14.7 Å². The smallest absolute Gasteiger partial charge is 0.339 e. The number of rotatable bonds is 6. The first-order valence-electron chi connectivity index (χ1n) is 11.8. The molecule has 0 radical (unpaired) electrons. The van der Waals surface area contributed by atoms with E-state index in [0.717, 1.165) is 11.0 Å². The average molecular weight is 538 g/mol. The van der Waals surface area contributed by atoms with Crippen molar-refractivity contribution in [3.05, 3.63) is 73.0 Å². The first-order valence-corrected chi connectivity index (χ1v) is 11.8. The molecule has 0 aromatic carbocycles. The van der Waals surface area contributed by atoms with Crippen molar-refractivity contribution in [3.8, 4) is 22.8 Å². The molecule has 200 valence electrons. The average Bonchev–Trinajstić information content (AvgIpc) is 3.66. The lowest BCUT2D eigenvalue weighted by Gasteiger charge is -2.36. The number of hydrogen-bond acceptors (Lipinski definition) is 8. The van der Waals surface area contributed by atoms with Gasteiger partial charge in [0.15, 0.2) is 0 Å². The number of likely N-dealkylation sites (tertiary alicyclic amines) is 1. The number of carbonyl (C=O) groups excluding carboxylic acids is 2. The van der Waals surface area contributed by atoms with Crippen molar-refractivity contribution in [3.63, 3.8) is 0 Å². The van der Waals surface area contributed by atoms with Crippen LogP contribution in [0.25, 0.3) is 22.8 Å². The van der Waals surface area contributed by atoms with Gasteiger partial charge in [0.1, 0.15) is 11.5 Å². The number of hydrogen-bond donors (Lipinski definition) is 2. The molecule has 5 heterocycles. The molecule has 2 amide bonds. The predicted octanol–water partition coefficient (Wildman–Crippen LogP) is 3.85. The number of H-pyrrole nitrogens is 1. The van der Waals surface area contributed by atoms with Gasteiger partial charge in [0.05, 0.1) is 23.2 Å². The highest BCUT2D eigenvalue weighted by atomic mass is 19.4. The number of aromatic amines is 1. The quantitative estimate of drug-likeness (QED) is 0.353. The number of piperidine rings is 1. The molecule has 4 aromatic rings. The standard InChI is InChI=1S/C25H21F3N8O3/c1-2-21(37)36-12-15(10-16(13-36)25(26,27)28)24-33-22(35-39-24)14-6-7-20(29-11-14)32-23(38)19-5-3-4-17(31-19)18-8-9-30-34-18/h2-9,11,15-16H,1,10,12-13H2,(H,30,34)(H,29,32,38)/t15-,16+/m0/s1. The highest BCUT2D eigenvalue weighted by Crippen LogP contribution is 2.39. The van der Waals surface area contributed by atoms with Crippen LogP contribution in [0, 0.1) is 5.92 Å². The zero-order valence-electron chi connectivity index (χ0n) is 20.2. The maximum atomic E-state index is 13.5. The van der Waals surface area contributed by atoms with Gasteiger partial charge < -0.3 is 14.7 Å². The third-order valence-electron chi connectivity index (χ3n) is 6.21. The summed E-state index contributed by atoms with van der Waals surface area (Å²) in [5.74, 6) is -3.27. The van der Waals surface area contributed by atoms with Gasteiger partial charge in [-0.05, 0) is 42.8 Å². The van der Waals surface area contributed by atoms with E-state index in [2.05, 4.69) is 42.2 Å². The first-order chi connectivity index (χ1) is 18.7. The van der Waals surface area contributed by atoms with Crippen LogP contribution in [0.1, 0.15) is 28.7 Å². The maximum Gasteiger partial charge on any atom is 0.393 e. The van der Waals surface area contributed by atoms with Crippen molar-refractivity contribution in [2.24, 2.45) is 5.92 Å². The lowest BCUT2D eigenvalue weighted by atomic mass is 9.88. The van der Waals surface area contributed by atoms with E-state index in [1.165, 1.54) is 12.3 Å². The zero-order valence-corrected chi connectivity index (χ0v) is 20.2. The van der Waals surface area contributed by atoms with Crippen LogP contribution in [0.5, 0.6) is 0 Å². The van der Waals surface area contributed by atoms with Crippen molar-refractivity contribution in [2.45, 2.75) is 18.5 Å². The summed E-state index contributed by atoms with van der Waals surface area (Å²) in [5.41, 5.74) is 1.80. The molecular formula is C25H21F3N8O3. The van der Waals surface area contributed by atoms with E-state index in [9.17, 15) is 22.8 Å². The molecule has 1 fully saturated rings. The highest BCUT2D eigenvalue weighted by molar-refractivity contribution is 6.02. The number of alkyl halides is 3. The maximum absolute atomic E-state index is 13.5. The van der Waals surface area contributed by atoms with Crippen molar-refractivity contribution in [1.82, 2.24) is 35.2 Å². The molecule has 0 spiro atoms. The minimum atomic E-state index is -4.48. The van der Waals surface area contributed by atoms with Crippen LogP contribution in [0.3, 0.4) is 0 Å². The predicted molar refractivity (Wildman–Crippen MR) is 131 cm³/mol. The van der Waals surface area contributed by atoms with Gasteiger partial charge in [-0.15, -0.1) is 0 Å². The van der Waals surface area contributed by atoms with E-state index >= 15 is 0 Å². The Kier molecular flexibility index (Phi) is 6.92. The summed E-state index contributed by atoms with van der Waals surface area (Å²) in [4.78, 5) is 38.6. The second kappa shape index (κ2) is 10.5. The fraction of sp³-hybridized carbons (Fsp3) is 0.240. The van der Waals surface area contributed by atoms with Crippen LogP contribution in [0.4, 0.5) is 19.0 Å². The monoisotopic (exact) mass is 538 g/mol. The number of amides is 2. The number of aromatic nitrogens is 6. The largest absolute Gasteiger partial charge is 0.393 e. The van der Waals surface area contributed by atoms with Crippen LogP contribution in [-0.4, -0.2) is 66.3 Å². The summed E-state index contributed by atoms with van der Waals surface area (Å²) in [6.07, 6.45) is -0.820. The van der Waals surface area contributed by atoms with Gasteiger partial charge >= 0.3 is 6.18 Å². The minimum absolute atomic E-state index is 0.00209. The summed E-state index contributed by atoms with van der Waals surface area (Å²) in [6, 6.07) is 9.82. The number of anilines is 1. The number of nitrogens with zero attached hydrogens (tertiary/aromatic N) is 6. The molecule has 2 atom stereocenters. The van der Waals surface area contributed by atoms with Crippen LogP contribution in [0.15, 0.2) is 66.0 Å². The van der Waals surface area contributed by atoms with Crippen LogP contribution in [0.2, 0.25) is 0 Å². The van der Waals surface area contributed by atoms with E-state index < -0.39 is 36.4 Å². The molecule has 1 aliphatic heterocycles. The Morgan fingerprint density at radius 3 is 2.69 bits per heavy atom. The van der Waals surface area contributed by atoms with Crippen molar-refractivity contribution in [2.75, 3.05) is 18.4 Å². The van der Waals surface area contributed by atoms with E-state index in [-0.39, 0.29) is 36.2 Å². The third-order valence-corrected chi connectivity index (χ3v) is 6.21. The van der Waals surface area contributed by atoms with E-state index in [1.807, 2.05) is 0 Å². The second-order valence-corrected chi connectivity index (χ2v) is 8.84. The number of carbonyl (C=O) groups is 2. The third kappa shape index (κ3) is 5.68. The molecule has 11 nitrogen and oxygen atoms in total. The van der Waals surface area contributed by atoms with Crippen molar-refractivity contribution in [1.29, 1.82) is 0 Å². The Balaban J connectivity index is 1.28. The Bertz CT molecular complexity index is 1480. The van der Waals surface area contributed by atoms with Gasteiger partial charge in [0, 0.05) is 31.0 Å². The lowest BCUT2D eigenvalue weighted by molar-refractivity contribution is -0.189. The summed E-state index contributed by atoms with van der Waals surface area (Å²) in [5, 5.41) is 13.2. The molecule has 0 bridgehead atoms. The van der Waals surface area contributed by atoms with E-state index in [0.29, 0.717) is 17.0 Å². The molecule has 39 heavy (non-hydrogen) atoms. The topological polar surface area (TPSA) is 143 Å². The van der Waals surface area contributed by atoms with Gasteiger partial charge in [-0.25, -0.2) is 9.97 Å². The molecule has 2 N–H and O–H groups in total. The van der Waals surface area contributed by atoms with Gasteiger partial charge in [-0.1, -0.05) is 17.8 Å². The van der Waals surface area contributed by atoms with Crippen LogP contribution in [-0.2, 0) is 4.79 Å². The Morgan fingerprint density at radius 1 is 1.15 bits per heavy atom. The Hall–Kier alpha value is -4.88. The molecule has 5 rings (SSSR count). The molecule has 4 aromatic heterocycles. The minimum Gasteiger partial charge on any atom is -0.339 e. The van der Waals surface area contributed by atoms with Crippen LogP contribution < -0.4 is 5.32 Å². The number of halogens is 3. The van der Waals surface area contributed by atoms with Crippen molar-refractivity contribution < 1.29 is 27.3 Å². The van der Waals surface area contributed by atoms with Gasteiger partial charge in [0.25, 0.3) is 5.91 Å². The van der Waals surface area contributed by atoms with Crippen LogP contribution >= 0.6 is 0 Å². The SMILES string of the molecule is C=CC(=O)N1C[C@@H](c2nc(-c3ccc(NC(=O)c4cccc(-c5ccn[nH]5)n4)nc3)no2)C[C@@H](C(F)(F)F)C1. The Labute approximate surface area is 219 Å². The highest BCUT2D eigenvalue weighted by Gasteiger charge is 2.46. The van der Waals surface area contributed by atoms with E-state index in [1.54, 1.807) is 36.5 Å². The molecule has 1 saturated heterocycles. The summed E-state index contributed by atoms with van der Waals surface area (Å²) >= 11 is 0. The molecule has 1 aliphatic rings. The number of nitrogens with one attached hydrogen (secondary N) is 2. The molecule has 0 saturated carbocycles. The van der Waals surface area contributed by atoms with Gasteiger partial charge in [-0.2, -0.15) is 23.3 Å². The normalized spacial score (nSPS) is 17.6. The summed E-state index contributed by atoms with van der Waals surface area (Å²) in [6.45, 7) is 2.90. The Morgan fingerprint density at radius 2 is 2.00 bits per heavy atom. The lowest BCUT2D eigenvalue weighted by Crippen LogP contribution is -2.47. The molecule has 14 heteroatoms. The molecule has 0 unspecified atom stereocenters. The van der Waals surface area contributed by atoms with Crippen molar-refractivity contribution >= 4 is 17.6 Å². The zero-order chi connectivity index (χ0) is 27.6.